The highest BCUT2D eigenvalue weighted by Gasteiger charge is 2.05. The van der Waals surface area contributed by atoms with Gasteiger partial charge in [0.25, 0.3) is 5.91 Å². The average Bonchev–Trinajstić information content (AvgIpc) is 2.59. The molecular formula is C20H24N2O2. The van der Waals surface area contributed by atoms with E-state index in [1.54, 1.807) is 0 Å². The van der Waals surface area contributed by atoms with E-state index in [1.807, 2.05) is 50.2 Å². The van der Waals surface area contributed by atoms with Crippen LogP contribution in [0.5, 0.6) is 5.75 Å². The molecule has 0 aromatic heterocycles. The summed E-state index contributed by atoms with van der Waals surface area (Å²) in [5.74, 6) is 0.920. The molecule has 1 N–H and O–H groups in total. The minimum absolute atomic E-state index is 0.0616. The van der Waals surface area contributed by atoms with Gasteiger partial charge in [-0.3, -0.25) is 4.79 Å². The van der Waals surface area contributed by atoms with Crippen LogP contribution < -0.4 is 10.2 Å². The summed E-state index contributed by atoms with van der Waals surface area (Å²) in [7, 11) is 0. The molecule has 1 amide bonds. The van der Waals surface area contributed by atoms with Crippen LogP contribution in [0.4, 0.5) is 0 Å². The van der Waals surface area contributed by atoms with Crippen molar-refractivity contribution in [3.05, 3.63) is 65.2 Å². The molecule has 126 valence electrons. The van der Waals surface area contributed by atoms with Crippen LogP contribution in [0.2, 0.25) is 0 Å². The second kappa shape index (κ2) is 8.29. The van der Waals surface area contributed by atoms with E-state index in [1.165, 1.54) is 5.56 Å². The van der Waals surface area contributed by atoms with E-state index in [0.717, 1.165) is 16.8 Å². The molecule has 4 heteroatoms. The number of rotatable bonds is 6. The van der Waals surface area contributed by atoms with Crippen molar-refractivity contribution in [1.29, 1.82) is 0 Å². The molecule has 2 aromatic rings. The predicted octanol–water partition coefficient (Wildman–Crippen LogP) is 4.04. The van der Waals surface area contributed by atoms with Gasteiger partial charge >= 0.3 is 0 Å². The summed E-state index contributed by atoms with van der Waals surface area (Å²) >= 11 is 0. The first-order chi connectivity index (χ1) is 11.5. The molecule has 2 aromatic carbocycles. The van der Waals surface area contributed by atoms with Gasteiger partial charge in [-0.15, -0.1) is 0 Å². The third-order valence-corrected chi connectivity index (χ3v) is 3.80. The van der Waals surface area contributed by atoms with E-state index >= 15 is 0 Å². The summed E-state index contributed by atoms with van der Waals surface area (Å²) in [5.41, 5.74) is 6.55. The van der Waals surface area contributed by atoms with Crippen LogP contribution in [0.15, 0.2) is 53.6 Å². The molecule has 0 aliphatic heterocycles. The lowest BCUT2D eigenvalue weighted by Crippen LogP contribution is -2.25. The highest BCUT2D eigenvalue weighted by Crippen LogP contribution is 2.16. The Morgan fingerprint density at radius 3 is 2.42 bits per heavy atom. The van der Waals surface area contributed by atoms with Gasteiger partial charge < -0.3 is 4.74 Å². The van der Waals surface area contributed by atoms with Gasteiger partial charge in [-0.05, 0) is 42.5 Å². The molecule has 0 aliphatic carbocycles. The Balaban J connectivity index is 1.89. The van der Waals surface area contributed by atoms with Gasteiger partial charge in [0.05, 0.1) is 5.71 Å². The number of nitrogens with one attached hydrogen (secondary N) is 1. The van der Waals surface area contributed by atoms with E-state index < -0.39 is 0 Å². The maximum absolute atomic E-state index is 11.9. The highest BCUT2D eigenvalue weighted by atomic mass is 16.5. The fraction of sp³-hybridized carbons (Fsp3) is 0.300. The van der Waals surface area contributed by atoms with E-state index in [9.17, 15) is 4.79 Å². The average molecular weight is 324 g/mol. The number of aryl methyl sites for hydroxylation is 1. The van der Waals surface area contributed by atoms with Gasteiger partial charge in [-0.25, -0.2) is 5.43 Å². The van der Waals surface area contributed by atoms with Gasteiger partial charge in [0.1, 0.15) is 5.75 Å². The fourth-order valence-corrected chi connectivity index (χ4v) is 2.21. The number of benzene rings is 2. The smallest absolute Gasteiger partial charge is 0.277 e. The summed E-state index contributed by atoms with van der Waals surface area (Å²) < 4.78 is 5.50. The minimum atomic E-state index is -0.281. The van der Waals surface area contributed by atoms with Crippen molar-refractivity contribution in [1.82, 2.24) is 5.43 Å². The molecule has 4 nitrogen and oxygen atoms in total. The Labute approximate surface area is 143 Å². The Kier molecular flexibility index (Phi) is 6.13. The van der Waals surface area contributed by atoms with Gasteiger partial charge in [-0.2, -0.15) is 5.10 Å². The maximum atomic E-state index is 11.9. The quantitative estimate of drug-likeness (QED) is 0.644. The van der Waals surface area contributed by atoms with Crippen molar-refractivity contribution in [3.8, 4) is 5.75 Å². The molecule has 2 rings (SSSR count). The zero-order valence-electron chi connectivity index (χ0n) is 14.7. The van der Waals surface area contributed by atoms with Crippen LogP contribution in [0.25, 0.3) is 0 Å². The number of carbonyl (C=O) groups excluding carboxylic acids is 1. The van der Waals surface area contributed by atoms with Crippen molar-refractivity contribution in [2.24, 2.45) is 5.10 Å². The normalized spacial score (nSPS) is 11.5. The number of amides is 1. The number of para-hydroxylation sites is 1. The number of carbonyl (C=O) groups is 1. The van der Waals surface area contributed by atoms with Crippen LogP contribution in [0.1, 0.15) is 43.4 Å². The topological polar surface area (TPSA) is 50.7 Å². The van der Waals surface area contributed by atoms with Crippen molar-refractivity contribution in [2.75, 3.05) is 6.61 Å². The lowest BCUT2D eigenvalue weighted by molar-refractivity contribution is -0.123. The maximum Gasteiger partial charge on any atom is 0.277 e. The standard InChI is InChI=1S/C20H24N2O2/c1-14(2)17-9-11-18(12-10-17)16(4)21-22-20(23)13-24-19-8-6-5-7-15(19)3/h5-12,14H,13H2,1-4H3,(H,22,23)/b21-16-. The van der Waals surface area contributed by atoms with Crippen LogP contribution in [-0.2, 0) is 4.79 Å². The third-order valence-electron chi connectivity index (χ3n) is 3.80. The SMILES string of the molecule is C/C(=N/NC(=O)COc1ccccc1C)c1ccc(C(C)C)cc1. The van der Waals surface area contributed by atoms with Crippen molar-refractivity contribution in [3.63, 3.8) is 0 Å². The van der Waals surface area contributed by atoms with E-state index in [0.29, 0.717) is 11.7 Å². The summed E-state index contributed by atoms with van der Waals surface area (Å²) in [6.07, 6.45) is 0. The number of hydrazone groups is 1. The Hall–Kier alpha value is -2.62. The summed E-state index contributed by atoms with van der Waals surface area (Å²) in [6, 6.07) is 15.8. The first-order valence-corrected chi connectivity index (χ1v) is 8.09. The molecule has 0 radical (unpaired) electrons. The van der Waals surface area contributed by atoms with Crippen LogP contribution >= 0.6 is 0 Å². The summed E-state index contributed by atoms with van der Waals surface area (Å²) in [5, 5.41) is 4.14. The molecule has 0 atom stereocenters. The zero-order valence-corrected chi connectivity index (χ0v) is 14.7. The van der Waals surface area contributed by atoms with Crippen LogP contribution in [0.3, 0.4) is 0 Å². The molecule has 24 heavy (non-hydrogen) atoms. The summed E-state index contributed by atoms with van der Waals surface area (Å²) in [4.78, 5) is 11.9. The Morgan fingerprint density at radius 2 is 1.79 bits per heavy atom. The molecule has 0 saturated carbocycles. The molecule has 0 aliphatic rings. The number of nitrogens with zero attached hydrogens (tertiary/aromatic N) is 1. The van der Waals surface area contributed by atoms with Crippen molar-refractivity contribution in [2.45, 2.75) is 33.6 Å². The van der Waals surface area contributed by atoms with Crippen LogP contribution in [0, 0.1) is 6.92 Å². The first-order valence-electron chi connectivity index (χ1n) is 8.09. The number of hydrogen-bond donors (Lipinski definition) is 1. The molecule has 0 saturated heterocycles. The largest absolute Gasteiger partial charge is 0.483 e. The van der Waals surface area contributed by atoms with Crippen LogP contribution in [-0.4, -0.2) is 18.2 Å². The van der Waals surface area contributed by atoms with Gasteiger partial charge in [-0.1, -0.05) is 56.3 Å². The first kappa shape index (κ1) is 17.7. The number of ether oxygens (including phenoxy) is 1. The lowest BCUT2D eigenvalue weighted by atomic mass is 10.0. The molecule has 0 heterocycles. The zero-order chi connectivity index (χ0) is 17.5. The highest BCUT2D eigenvalue weighted by molar-refractivity contribution is 5.99. The van der Waals surface area contributed by atoms with E-state index in [-0.39, 0.29) is 12.5 Å². The fourth-order valence-electron chi connectivity index (χ4n) is 2.21. The predicted molar refractivity (Wildman–Crippen MR) is 97.6 cm³/mol. The molecule has 0 bridgehead atoms. The monoisotopic (exact) mass is 324 g/mol. The second-order valence-corrected chi connectivity index (χ2v) is 6.06. The van der Waals surface area contributed by atoms with Gasteiger partial charge in [0.15, 0.2) is 6.61 Å². The molecule has 0 unspecified atom stereocenters. The van der Waals surface area contributed by atoms with E-state index in [2.05, 4.69) is 36.5 Å². The molecule has 0 fully saturated rings. The Morgan fingerprint density at radius 1 is 1.12 bits per heavy atom. The minimum Gasteiger partial charge on any atom is -0.483 e. The van der Waals surface area contributed by atoms with Gasteiger partial charge in [0.2, 0.25) is 0 Å². The van der Waals surface area contributed by atoms with Crippen molar-refractivity contribution < 1.29 is 9.53 Å². The Bertz CT molecular complexity index is 719. The molecular weight excluding hydrogens is 300 g/mol. The number of hydrogen-bond acceptors (Lipinski definition) is 3. The second-order valence-electron chi connectivity index (χ2n) is 6.06. The lowest BCUT2D eigenvalue weighted by Gasteiger charge is -2.08. The third kappa shape index (κ3) is 4.95. The molecule has 0 spiro atoms. The summed E-state index contributed by atoms with van der Waals surface area (Å²) in [6.45, 7) is 8.06. The van der Waals surface area contributed by atoms with Gasteiger partial charge in [0, 0.05) is 0 Å². The van der Waals surface area contributed by atoms with E-state index in [4.69, 9.17) is 4.74 Å². The van der Waals surface area contributed by atoms with Crippen molar-refractivity contribution >= 4 is 11.6 Å².